The number of para-hydroxylation sites is 1. The highest BCUT2D eigenvalue weighted by atomic mass is 32.2. The fraction of sp³-hybridized carbons (Fsp3) is 0.357. The van der Waals surface area contributed by atoms with Crippen LogP contribution in [-0.4, -0.2) is 0 Å². The number of benzene rings is 3. The quantitative estimate of drug-likeness (QED) is 0.295. The second-order valence-corrected chi connectivity index (χ2v) is 11.3. The molecule has 1 aliphatic heterocycles. The van der Waals surface area contributed by atoms with Crippen molar-refractivity contribution in [2.24, 2.45) is 23.7 Å². The van der Waals surface area contributed by atoms with Crippen molar-refractivity contribution in [1.29, 1.82) is 0 Å². The second kappa shape index (κ2) is 5.53. The highest BCUT2D eigenvalue weighted by molar-refractivity contribution is 7.99. The first-order valence-corrected chi connectivity index (χ1v) is 12.4. The summed E-state index contributed by atoms with van der Waals surface area (Å²) < 4.78 is 6.76. The molecule has 6 aliphatic rings. The lowest BCUT2D eigenvalue weighted by Gasteiger charge is -2.61. The van der Waals surface area contributed by atoms with Gasteiger partial charge in [0.15, 0.2) is 0 Å². The molecule has 5 aliphatic carbocycles. The number of ether oxygens (including phenoxy) is 1. The Kier molecular flexibility index (Phi) is 3.04. The van der Waals surface area contributed by atoms with E-state index < -0.39 is 0 Å². The van der Waals surface area contributed by atoms with E-state index >= 15 is 0 Å². The average molecular weight is 409 g/mol. The van der Waals surface area contributed by atoms with Gasteiger partial charge in [0, 0.05) is 11.0 Å². The molecule has 4 bridgehead atoms. The van der Waals surface area contributed by atoms with Gasteiger partial charge in [-0.25, -0.2) is 0 Å². The molecule has 0 saturated heterocycles. The largest absolute Gasteiger partial charge is 0.455 e. The van der Waals surface area contributed by atoms with Gasteiger partial charge in [-0.2, -0.15) is 0 Å². The van der Waals surface area contributed by atoms with E-state index in [2.05, 4.69) is 60.7 Å². The number of hydrogen-bond acceptors (Lipinski definition) is 2. The van der Waals surface area contributed by atoms with Gasteiger partial charge in [0.2, 0.25) is 0 Å². The first-order chi connectivity index (χ1) is 14.8. The zero-order chi connectivity index (χ0) is 19.4. The molecule has 30 heavy (non-hydrogen) atoms. The van der Waals surface area contributed by atoms with Crippen molar-refractivity contribution >= 4 is 11.8 Å². The molecule has 9 rings (SSSR count). The third-order valence-electron chi connectivity index (χ3n) is 8.91. The molecule has 0 unspecified atom stereocenters. The topological polar surface area (TPSA) is 9.23 Å². The molecule has 148 valence electrons. The Labute approximate surface area is 181 Å². The maximum Gasteiger partial charge on any atom is 0.146 e. The van der Waals surface area contributed by atoms with Gasteiger partial charge in [-0.3, -0.25) is 0 Å². The third-order valence-corrected chi connectivity index (χ3v) is 10.0. The summed E-state index contributed by atoms with van der Waals surface area (Å²) in [6, 6.07) is 22.6. The molecule has 1 nitrogen and oxygen atoms in total. The van der Waals surface area contributed by atoms with E-state index in [9.17, 15) is 0 Å². The Balaban J connectivity index is 1.43. The van der Waals surface area contributed by atoms with Crippen molar-refractivity contribution in [1.82, 2.24) is 0 Å². The highest BCUT2D eigenvalue weighted by Gasteiger charge is 2.62. The predicted molar refractivity (Wildman–Crippen MR) is 120 cm³/mol. The van der Waals surface area contributed by atoms with Crippen LogP contribution in [0.25, 0.3) is 11.1 Å². The van der Waals surface area contributed by atoms with Crippen LogP contribution in [0.3, 0.4) is 0 Å². The van der Waals surface area contributed by atoms with E-state index in [0.717, 1.165) is 29.4 Å². The van der Waals surface area contributed by atoms with Crippen molar-refractivity contribution in [3.05, 3.63) is 71.8 Å². The van der Waals surface area contributed by atoms with E-state index in [1.807, 2.05) is 11.8 Å². The molecule has 3 aromatic carbocycles. The van der Waals surface area contributed by atoms with Crippen LogP contribution in [0.2, 0.25) is 0 Å². The summed E-state index contributed by atoms with van der Waals surface area (Å²) in [4.78, 5) is 2.54. The number of hydrogen-bond donors (Lipinski definition) is 0. The van der Waals surface area contributed by atoms with E-state index in [-0.39, 0.29) is 5.41 Å². The SMILES string of the molecule is c1ccc2c(c1)Oc1c(ccc3c1C1(c4ccccc4-3)C3CC4CC(C3)CC1C4)S2. The van der Waals surface area contributed by atoms with Crippen LogP contribution in [0.4, 0.5) is 0 Å². The van der Waals surface area contributed by atoms with Gasteiger partial charge in [-0.1, -0.05) is 54.2 Å². The molecular formula is C28H24OS. The molecule has 0 atom stereocenters. The summed E-state index contributed by atoms with van der Waals surface area (Å²) in [6.07, 6.45) is 7.13. The van der Waals surface area contributed by atoms with Crippen molar-refractivity contribution < 1.29 is 4.74 Å². The zero-order valence-corrected chi connectivity index (χ0v) is 17.8. The second-order valence-electron chi connectivity index (χ2n) is 10.2. The Bertz CT molecular complexity index is 1200. The average Bonchev–Trinajstić information content (AvgIpc) is 3.07. The lowest BCUT2D eigenvalue weighted by molar-refractivity contribution is -0.0407. The van der Waals surface area contributed by atoms with Gasteiger partial charge in [-0.15, -0.1) is 0 Å². The molecular weight excluding hydrogens is 384 g/mol. The van der Waals surface area contributed by atoms with Crippen LogP contribution >= 0.6 is 11.8 Å². The molecule has 0 aromatic heterocycles. The summed E-state index contributed by atoms with van der Waals surface area (Å²) in [7, 11) is 0. The van der Waals surface area contributed by atoms with E-state index in [1.54, 1.807) is 5.56 Å². The molecule has 0 radical (unpaired) electrons. The van der Waals surface area contributed by atoms with E-state index in [4.69, 9.17) is 4.74 Å². The first kappa shape index (κ1) is 16.5. The van der Waals surface area contributed by atoms with Crippen LogP contribution in [0, 0.1) is 23.7 Å². The fourth-order valence-electron chi connectivity index (χ4n) is 8.22. The van der Waals surface area contributed by atoms with Crippen molar-refractivity contribution in [2.45, 2.75) is 47.3 Å². The molecule has 3 aromatic rings. The fourth-order valence-corrected chi connectivity index (χ4v) is 9.18. The van der Waals surface area contributed by atoms with Crippen molar-refractivity contribution in [3.63, 3.8) is 0 Å². The zero-order valence-electron chi connectivity index (χ0n) is 16.9. The maximum atomic E-state index is 6.76. The van der Waals surface area contributed by atoms with Gasteiger partial charge in [-0.05, 0) is 90.7 Å². The lowest BCUT2D eigenvalue weighted by atomic mass is 9.43. The van der Waals surface area contributed by atoms with Gasteiger partial charge in [0.05, 0.1) is 9.79 Å². The Morgan fingerprint density at radius 3 is 2.27 bits per heavy atom. The summed E-state index contributed by atoms with van der Waals surface area (Å²) in [5.74, 6) is 5.66. The molecule has 1 spiro atoms. The predicted octanol–water partition coefficient (Wildman–Crippen LogP) is 7.67. The number of rotatable bonds is 0. The molecule has 1 heterocycles. The monoisotopic (exact) mass is 408 g/mol. The van der Waals surface area contributed by atoms with Crippen LogP contribution < -0.4 is 4.74 Å². The van der Waals surface area contributed by atoms with Crippen LogP contribution in [0.1, 0.15) is 43.2 Å². The van der Waals surface area contributed by atoms with E-state index in [1.165, 1.54) is 64.3 Å². The third kappa shape index (κ3) is 1.84. The Morgan fingerprint density at radius 2 is 1.43 bits per heavy atom. The highest BCUT2D eigenvalue weighted by Crippen LogP contribution is 2.71. The normalized spacial score (nSPS) is 33.6. The molecule has 4 fully saturated rings. The molecule has 0 amide bonds. The van der Waals surface area contributed by atoms with Crippen LogP contribution in [0.15, 0.2) is 70.5 Å². The smallest absolute Gasteiger partial charge is 0.146 e. The van der Waals surface area contributed by atoms with Gasteiger partial charge in [0.1, 0.15) is 11.5 Å². The Morgan fingerprint density at radius 1 is 0.700 bits per heavy atom. The van der Waals surface area contributed by atoms with E-state index in [0.29, 0.717) is 0 Å². The van der Waals surface area contributed by atoms with Crippen molar-refractivity contribution in [2.75, 3.05) is 0 Å². The van der Waals surface area contributed by atoms with Crippen LogP contribution in [-0.2, 0) is 5.41 Å². The molecule has 0 N–H and O–H groups in total. The molecule has 2 heteroatoms. The van der Waals surface area contributed by atoms with Gasteiger partial charge >= 0.3 is 0 Å². The summed E-state index contributed by atoms with van der Waals surface area (Å²) in [6.45, 7) is 0. The number of fused-ring (bicyclic) bond motifs is 6. The summed E-state index contributed by atoms with van der Waals surface area (Å²) in [5, 5.41) is 0. The molecule has 4 saturated carbocycles. The minimum absolute atomic E-state index is 0.164. The standard InChI is InChI=1S/C28H24OS/c1-2-6-22-20(5-1)21-9-10-25-27(29-23-7-3-4-8-24(23)30-25)26(21)28(22)18-12-16-11-17(14-18)15-19(28)13-16/h1-10,16-19H,11-15H2. The first-order valence-electron chi connectivity index (χ1n) is 11.5. The summed E-state index contributed by atoms with van der Waals surface area (Å²) >= 11 is 1.89. The Hall–Kier alpha value is -2.19. The van der Waals surface area contributed by atoms with Crippen LogP contribution in [0.5, 0.6) is 11.5 Å². The minimum Gasteiger partial charge on any atom is -0.455 e. The van der Waals surface area contributed by atoms with Crippen molar-refractivity contribution in [3.8, 4) is 22.6 Å². The minimum atomic E-state index is 0.164. The lowest BCUT2D eigenvalue weighted by Crippen LogP contribution is -2.55. The summed E-state index contributed by atoms with van der Waals surface area (Å²) in [5.41, 5.74) is 6.22. The van der Waals surface area contributed by atoms with Gasteiger partial charge in [0.25, 0.3) is 0 Å². The maximum absolute atomic E-state index is 6.76. The van der Waals surface area contributed by atoms with Gasteiger partial charge < -0.3 is 4.74 Å².